The van der Waals surface area contributed by atoms with Gasteiger partial charge in [-0.05, 0) is 32.3 Å². The molecule has 1 fully saturated rings. The van der Waals surface area contributed by atoms with Gasteiger partial charge >= 0.3 is 0 Å². The lowest BCUT2D eigenvalue weighted by Crippen LogP contribution is -2.51. The molecule has 3 amide bonds. The van der Waals surface area contributed by atoms with Crippen LogP contribution in [0, 0.1) is 0 Å². The van der Waals surface area contributed by atoms with E-state index in [0.29, 0.717) is 66.6 Å². The molecule has 0 unspecified atom stereocenters. The van der Waals surface area contributed by atoms with Gasteiger partial charge in [0.15, 0.2) is 10.8 Å². The Balaban J connectivity index is 1.38. The third-order valence-corrected chi connectivity index (χ3v) is 7.47. The van der Waals surface area contributed by atoms with Crippen molar-refractivity contribution in [2.45, 2.75) is 0 Å². The molecule has 12 heteroatoms. The number of rotatable bonds is 7. The predicted octanol–water partition coefficient (Wildman–Crippen LogP) is 1.74. The molecule has 11 nitrogen and oxygen atoms in total. The van der Waals surface area contributed by atoms with Crippen LogP contribution in [0.2, 0.25) is 0 Å². The minimum Gasteiger partial charge on any atom is -0.398 e. The van der Waals surface area contributed by atoms with E-state index >= 15 is 0 Å². The largest absolute Gasteiger partial charge is 0.398 e. The van der Waals surface area contributed by atoms with Crippen LogP contribution < -0.4 is 10.6 Å². The van der Waals surface area contributed by atoms with Gasteiger partial charge in [-0.25, -0.2) is 4.98 Å². The fourth-order valence-electron chi connectivity index (χ4n) is 4.89. The van der Waals surface area contributed by atoms with E-state index in [9.17, 15) is 14.4 Å². The first-order valence-corrected chi connectivity index (χ1v) is 13.1. The lowest BCUT2D eigenvalue weighted by Gasteiger charge is -2.37. The van der Waals surface area contributed by atoms with E-state index in [2.05, 4.69) is 15.0 Å². The van der Waals surface area contributed by atoms with E-state index in [1.807, 2.05) is 43.3 Å². The third kappa shape index (κ3) is 4.56. The molecule has 2 N–H and O–H groups in total. The number of hydrogen-bond acceptors (Lipinski definition) is 10. The van der Waals surface area contributed by atoms with Crippen molar-refractivity contribution in [2.24, 2.45) is 5.16 Å². The number of carbonyl (C=O) groups excluding carboxylic acids is 3. The van der Waals surface area contributed by atoms with Crippen LogP contribution in [0.15, 0.2) is 40.9 Å². The molecule has 0 bridgehead atoms. The zero-order valence-corrected chi connectivity index (χ0v) is 22.3. The molecule has 0 aliphatic carbocycles. The van der Waals surface area contributed by atoms with E-state index < -0.39 is 0 Å². The zero-order valence-electron chi connectivity index (χ0n) is 21.5. The Bertz CT molecular complexity index is 1420. The minimum absolute atomic E-state index is 0.117. The molecule has 3 heterocycles. The normalized spacial score (nSPS) is 16.1. The number of anilines is 2. The summed E-state index contributed by atoms with van der Waals surface area (Å²) >= 11 is 1.23. The molecule has 2 aliphatic rings. The smallest absolute Gasteiger partial charge is 0.278 e. The summed E-state index contributed by atoms with van der Waals surface area (Å²) in [5.74, 6) is -0.812. The Morgan fingerprint density at radius 3 is 2.45 bits per heavy atom. The number of benzene rings is 2. The molecule has 5 rings (SSSR count). The molecule has 198 valence electrons. The molecule has 3 aromatic rings. The first-order valence-electron chi connectivity index (χ1n) is 12.2. The minimum atomic E-state index is -0.275. The molecular weight excluding hydrogens is 506 g/mol. The third-order valence-electron chi connectivity index (χ3n) is 6.80. The van der Waals surface area contributed by atoms with Crippen molar-refractivity contribution in [3.05, 3.63) is 52.5 Å². The van der Waals surface area contributed by atoms with Gasteiger partial charge in [0, 0.05) is 72.2 Å². The maximum Gasteiger partial charge on any atom is 0.278 e. The first-order chi connectivity index (χ1) is 18.3. The number of imide groups is 1. The summed E-state index contributed by atoms with van der Waals surface area (Å²) in [6.45, 7) is 2.98. The summed E-state index contributed by atoms with van der Waals surface area (Å²) in [6, 6.07) is 9.33. The van der Waals surface area contributed by atoms with E-state index in [-0.39, 0.29) is 23.4 Å². The summed E-state index contributed by atoms with van der Waals surface area (Å²) in [5.41, 5.74) is 8.25. The SMILES string of the molecule is CO/N=C(/C(=O)N1CCN(c2ccc3c4c(cccc24)C(=O)N(CCN(C)C)C3=O)CC1)c1csc(N)n1. The molecule has 0 spiro atoms. The molecule has 0 saturated carbocycles. The number of carbonyl (C=O) groups is 3. The van der Waals surface area contributed by atoms with Gasteiger partial charge in [-0.2, -0.15) is 0 Å². The van der Waals surface area contributed by atoms with Crippen LogP contribution in [-0.2, 0) is 9.63 Å². The number of nitrogen functional groups attached to an aromatic ring is 1. The van der Waals surface area contributed by atoms with E-state index in [0.717, 1.165) is 11.1 Å². The molecule has 2 aromatic carbocycles. The van der Waals surface area contributed by atoms with Gasteiger partial charge in [0.1, 0.15) is 12.8 Å². The van der Waals surface area contributed by atoms with E-state index in [1.54, 1.807) is 16.3 Å². The van der Waals surface area contributed by atoms with Crippen molar-refractivity contribution in [1.29, 1.82) is 0 Å². The van der Waals surface area contributed by atoms with Gasteiger partial charge in [0.25, 0.3) is 17.7 Å². The number of oxime groups is 1. The van der Waals surface area contributed by atoms with Crippen LogP contribution in [0.25, 0.3) is 10.8 Å². The maximum absolute atomic E-state index is 13.3. The van der Waals surface area contributed by atoms with Crippen LogP contribution in [0.4, 0.5) is 10.8 Å². The van der Waals surface area contributed by atoms with Crippen LogP contribution in [0.5, 0.6) is 0 Å². The van der Waals surface area contributed by atoms with Crippen molar-refractivity contribution in [2.75, 3.05) is 71.1 Å². The monoisotopic (exact) mass is 535 g/mol. The second-order valence-electron chi connectivity index (χ2n) is 9.40. The van der Waals surface area contributed by atoms with Crippen LogP contribution in [0.1, 0.15) is 26.4 Å². The van der Waals surface area contributed by atoms with Crippen LogP contribution >= 0.6 is 11.3 Å². The fraction of sp³-hybridized carbons (Fsp3) is 0.346. The highest BCUT2D eigenvalue weighted by molar-refractivity contribution is 7.13. The molecular formula is C26H29N7O4S. The van der Waals surface area contributed by atoms with Crippen molar-refractivity contribution in [3.8, 4) is 0 Å². The van der Waals surface area contributed by atoms with Gasteiger partial charge in [-0.15, -0.1) is 11.3 Å². The number of nitrogens with zero attached hydrogens (tertiary/aromatic N) is 6. The summed E-state index contributed by atoms with van der Waals surface area (Å²) in [5, 5.41) is 7.48. The average molecular weight is 536 g/mol. The van der Waals surface area contributed by atoms with E-state index in [4.69, 9.17) is 10.6 Å². The number of thiazole rings is 1. The highest BCUT2D eigenvalue weighted by Crippen LogP contribution is 2.36. The number of amides is 3. The number of piperazine rings is 1. The summed E-state index contributed by atoms with van der Waals surface area (Å²) in [6.07, 6.45) is 0. The quantitative estimate of drug-likeness (QED) is 0.276. The number of hydrogen-bond donors (Lipinski definition) is 1. The molecule has 1 aromatic heterocycles. The fourth-order valence-corrected chi connectivity index (χ4v) is 5.44. The number of likely N-dealkylation sites (N-methyl/N-ethyl adjacent to an activating group) is 1. The van der Waals surface area contributed by atoms with Gasteiger partial charge in [0.05, 0.1) is 0 Å². The Morgan fingerprint density at radius 1 is 1.11 bits per heavy atom. The van der Waals surface area contributed by atoms with Gasteiger partial charge in [-0.3, -0.25) is 19.3 Å². The summed E-state index contributed by atoms with van der Waals surface area (Å²) < 4.78 is 0. The van der Waals surface area contributed by atoms with E-state index in [1.165, 1.54) is 23.3 Å². The van der Waals surface area contributed by atoms with Crippen molar-refractivity contribution in [1.82, 2.24) is 19.7 Å². The predicted molar refractivity (Wildman–Crippen MR) is 147 cm³/mol. The number of nitrogens with two attached hydrogens (primary N) is 1. The zero-order chi connectivity index (χ0) is 27.0. The molecule has 0 atom stereocenters. The molecule has 1 saturated heterocycles. The first kappa shape index (κ1) is 25.6. The topological polar surface area (TPSA) is 125 Å². The van der Waals surface area contributed by atoms with Crippen LogP contribution in [-0.4, -0.2) is 104 Å². The Labute approximate surface area is 224 Å². The lowest BCUT2D eigenvalue weighted by atomic mass is 9.92. The highest BCUT2D eigenvalue weighted by Gasteiger charge is 2.34. The molecule has 2 aliphatic heterocycles. The number of aromatic nitrogens is 1. The molecule has 0 radical (unpaired) electrons. The van der Waals surface area contributed by atoms with Crippen molar-refractivity contribution in [3.63, 3.8) is 0 Å². The van der Waals surface area contributed by atoms with Crippen molar-refractivity contribution >= 4 is 56.4 Å². The standard InChI is InChI=1S/C26H29N7O4S/c1-30(2)9-14-33-23(34)17-6-4-5-16-20(8-7-18(21(16)17)24(33)35)31-10-12-32(13-11-31)25(36)22(29-37-3)19-15-38-26(27)28-19/h4-8,15H,9-14H2,1-3H3,(H2,27,28)/b29-22+. The van der Waals surface area contributed by atoms with Gasteiger partial charge in [0.2, 0.25) is 0 Å². The second kappa shape index (κ2) is 10.4. The highest BCUT2D eigenvalue weighted by atomic mass is 32.1. The maximum atomic E-state index is 13.3. The van der Waals surface area contributed by atoms with Crippen LogP contribution in [0.3, 0.4) is 0 Å². The Hall–Kier alpha value is -4.03. The Morgan fingerprint density at radius 2 is 1.82 bits per heavy atom. The van der Waals surface area contributed by atoms with Crippen molar-refractivity contribution < 1.29 is 19.2 Å². The second-order valence-corrected chi connectivity index (χ2v) is 10.3. The Kier molecular flexibility index (Phi) is 7.00. The average Bonchev–Trinajstić information content (AvgIpc) is 3.35. The summed E-state index contributed by atoms with van der Waals surface area (Å²) in [7, 11) is 5.20. The summed E-state index contributed by atoms with van der Waals surface area (Å²) in [4.78, 5) is 56.0. The molecule has 38 heavy (non-hydrogen) atoms. The van der Waals surface area contributed by atoms with Gasteiger partial charge < -0.3 is 25.3 Å². The lowest BCUT2D eigenvalue weighted by molar-refractivity contribution is -0.124. The van der Waals surface area contributed by atoms with Gasteiger partial charge in [-0.1, -0.05) is 17.3 Å².